The van der Waals surface area contributed by atoms with E-state index in [0.29, 0.717) is 23.0 Å². The van der Waals surface area contributed by atoms with Gasteiger partial charge in [0.1, 0.15) is 0 Å². The monoisotopic (exact) mass is 692 g/mol. The van der Waals surface area contributed by atoms with Gasteiger partial charge in [-0.1, -0.05) is 125 Å². The van der Waals surface area contributed by atoms with Crippen LogP contribution in [0.4, 0.5) is 0 Å². The Bertz CT molecular complexity index is 2300. The number of hydrogen-bond donors (Lipinski definition) is 0. The van der Waals surface area contributed by atoms with E-state index in [0.717, 1.165) is 62.3 Å². The maximum Gasteiger partial charge on any atom is 0.164 e. The van der Waals surface area contributed by atoms with Crippen LogP contribution in [-0.4, -0.2) is 15.0 Å². The van der Waals surface area contributed by atoms with E-state index < -0.39 is 0 Å². The number of hydrogen-bond acceptors (Lipinski definition) is 4. The Hall–Kier alpha value is -5.40. The number of nitrogens with zero attached hydrogens (tertiary/aromatic N) is 4. The first-order valence-electron chi connectivity index (χ1n) is 19.2. The first-order chi connectivity index (χ1) is 25.6. The number of aromatic nitrogens is 3. The number of fused-ring (bicyclic) bond motifs is 3. The average Bonchev–Trinajstić information content (AvgIpc) is 3.38. The van der Waals surface area contributed by atoms with Crippen LogP contribution in [0.25, 0.3) is 50.9 Å². The van der Waals surface area contributed by atoms with Crippen LogP contribution in [-0.2, 0) is 10.8 Å². The van der Waals surface area contributed by atoms with E-state index in [-0.39, 0.29) is 10.8 Å². The van der Waals surface area contributed by atoms with Crippen LogP contribution in [0.15, 0.2) is 127 Å². The largest absolute Gasteiger partial charge is 0.208 e. The molecule has 264 valence electrons. The molecule has 0 amide bonds. The fourth-order valence-electron chi connectivity index (χ4n) is 10.1. The fourth-order valence-corrected chi connectivity index (χ4v) is 10.1. The van der Waals surface area contributed by atoms with Gasteiger partial charge < -0.3 is 0 Å². The van der Waals surface area contributed by atoms with Crippen molar-refractivity contribution in [3.8, 4) is 51.4 Å². The smallest absolute Gasteiger partial charge is 0.164 e. The molecule has 0 saturated heterocycles. The first-order valence-corrected chi connectivity index (χ1v) is 19.2. The van der Waals surface area contributed by atoms with E-state index in [1.807, 2.05) is 25.1 Å². The third-order valence-electron chi connectivity index (χ3n) is 12.2. The summed E-state index contributed by atoms with van der Waals surface area (Å²) < 4.78 is 0. The van der Waals surface area contributed by atoms with E-state index in [1.165, 1.54) is 43.2 Å². The van der Waals surface area contributed by atoms with Gasteiger partial charge in [-0.25, -0.2) is 15.0 Å². The second-order valence-corrected chi connectivity index (χ2v) is 16.6. The quantitative estimate of drug-likeness (QED) is 0.159. The van der Waals surface area contributed by atoms with Crippen molar-refractivity contribution in [3.63, 3.8) is 0 Å². The lowest BCUT2D eigenvalue weighted by Gasteiger charge is -2.50. The summed E-state index contributed by atoms with van der Waals surface area (Å²) in [6, 6.07) is 36.9. The highest BCUT2D eigenvalue weighted by Gasteiger charge is 2.45. The van der Waals surface area contributed by atoms with Gasteiger partial charge >= 0.3 is 0 Å². The molecule has 5 aromatic rings. The SMILES string of the molecule is C=CC1=C(/C=C(\C)C#N)C(C)(C)c2ccc(-c3nc(-c4ccc(C56C[C@H](C)C[C@H](C[C@H](C)C5)C6)cc4)nc(-c4cccc(-c5ccccc5)c4)n3)cc21. The van der Waals surface area contributed by atoms with Crippen LogP contribution in [0, 0.1) is 29.1 Å². The van der Waals surface area contributed by atoms with Gasteiger partial charge in [0.25, 0.3) is 0 Å². The Labute approximate surface area is 315 Å². The Morgan fingerprint density at radius 3 is 1.94 bits per heavy atom. The molecule has 2 bridgehead atoms. The minimum atomic E-state index is -0.281. The summed E-state index contributed by atoms with van der Waals surface area (Å²) in [6.45, 7) is 15.4. The predicted octanol–water partition coefficient (Wildman–Crippen LogP) is 12.3. The summed E-state index contributed by atoms with van der Waals surface area (Å²) in [7, 11) is 0. The minimum Gasteiger partial charge on any atom is -0.208 e. The van der Waals surface area contributed by atoms with E-state index in [9.17, 15) is 5.26 Å². The predicted molar refractivity (Wildman–Crippen MR) is 218 cm³/mol. The zero-order chi connectivity index (χ0) is 36.9. The van der Waals surface area contributed by atoms with Crippen molar-refractivity contribution in [1.82, 2.24) is 15.0 Å². The zero-order valence-corrected chi connectivity index (χ0v) is 31.7. The summed E-state index contributed by atoms with van der Waals surface area (Å²) in [5.41, 5.74) is 11.7. The molecule has 2 saturated carbocycles. The summed E-state index contributed by atoms with van der Waals surface area (Å²) >= 11 is 0. The molecule has 3 aliphatic carbocycles. The normalized spacial score (nSPS) is 23.3. The van der Waals surface area contributed by atoms with Gasteiger partial charge in [0.15, 0.2) is 17.5 Å². The summed E-state index contributed by atoms with van der Waals surface area (Å²) in [6.07, 6.45) is 10.5. The zero-order valence-electron chi connectivity index (χ0n) is 31.7. The van der Waals surface area contributed by atoms with Crippen molar-refractivity contribution in [2.75, 3.05) is 0 Å². The van der Waals surface area contributed by atoms with Crippen molar-refractivity contribution in [2.24, 2.45) is 17.8 Å². The Morgan fingerprint density at radius 2 is 1.30 bits per heavy atom. The molecule has 4 nitrogen and oxygen atoms in total. The van der Waals surface area contributed by atoms with Crippen molar-refractivity contribution in [2.45, 2.75) is 77.6 Å². The lowest BCUT2D eigenvalue weighted by atomic mass is 9.54. The molecule has 8 rings (SSSR count). The molecule has 4 aromatic carbocycles. The fraction of sp³-hybridized carbons (Fsp3) is 0.306. The second-order valence-electron chi connectivity index (χ2n) is 16.6. The maximum absolute atomic E-state index is 9.61. The molecule has 53 heavy (non-hydrogen) atoms. The van der Waals surface area contributed by atoms with Crippen LogP contribution < -0.4 is 0 Å². The van der Waals surface area contributed by atoms with Crippen LogP contribution >= 0.6 is 0 Å². The number of rotatable bonds is 7. The molecule has 0 spiro atoms. The Kier molecular flexibility index (Phi) is 8.86. The van der Waals surface area contributed by atoms with Crippen molar-refractivity contribution >= 4 is 5.57 Å². The molecular weight excluding hydrogens is 645 g/mol. The van der Waals surface area contributed by atoms with Gasteiger partial charge in [-0.2, -0.15) is 5.26 Å². The van der Waals surface area contributed by atoms with E-state index in [4.69, 9.17) is 15.0 Å². The van der Waals surface area contributed by atoms with Gasteiger partial charge in [-0.15, -0.1) is 0 Å². The number of nitriles is 1. The number of allylic oxidation sites excluding steroid dienone is 5. The molecule has 4 heteroatoms. The molecule has 1 unspecified atom stereocenters. The van der Waals surface area contributed by atoms with E-state index in [1.54, 1.807) is 0 Å². The minimum absolute atomic E-state index is 0.264. The van der Waals surface area contributed by atoms with Crippen molar-refractivity contribution in [3.05, 3.63) is 144 Å². The van der Waals surface area contributed by atoms with Crippen LogP contribution in [0.5, 0.6) is 0 Å². The van der Waals surface area contributed by atoms with E-state index in [2.05, 4.69) is 131 Å². The summed E-state index contributed by atoms with van der Waals surface area (Å²) in [5, 5.41) is 9.61. The molecule has 2 fully saturated rings. The molecule has 3 aliphatic rings. The first kappa shape index (κ1) is 34.7. The molecule has 0 aliphatic heterocycles. The number of benzene rings is 4. The average molecular weight is 693 g/mol. The lowest BCUT2D eigenvalue weighted by Crippen LogP contribution is -2.42. The Balaban J connectivity index is 1.25. The van der Waals surface area contributed by atoms with Gasteiger partial charge in [-0.05, 0) is 119 Å². The lowest BCUT2D eigenvalue weighted by molar-refractivity contribution is 0.0780. The standard InChI is InChI=1S/C49H48N4/c1-7-41-42-26-39(18-21-43(42)48(5,6)44(41)24-33(4)30-50)47-52-45(51-46(53-47)38-15-11-14-37(25-38)35-12-9-8-10-13-35)36-16-19-40(20-17-36)49-27-31(2)22-34(29-49)23-32(3)28-49/h7-21,24-26,31-32,34H,1,22-23,27-29H2,2-6H3/b33-24+/t31-,32+,34-,49?. The van der Waals surface area contributed by atoms with Crippen molar-refractivity contribution in [1.29, 1.82) is 5.26 Å². The second kappa shape index (κ2) is 13.5. The molecule has 1 aromatic heterocycles. The van der Waals surface area contributed by atoms with Gasteiger partial charge in [0.2, 0.25) is 0 Å². The highest BCUT2D eigenvalue weighted by molar-refractivity contribution is 5.89. The molecule has 1 heterocycles. The highest BCUT2D eigenvalue weighted by Crippen LogP contribution is 2.54. The van der Waals surface area contributed by atoms with Crippen LogP contribution in [0.1, 0.15) is 83.4 Å². The molecule has 0 N–H and O–H groups in total. The Morgan fingerprint density at radius 1 is 0.717 bits per heavy atom. The topological polar surface area (TPSA) is 62.5 Å². The molecular formula is C49H48N4. The van der Waals surface area contributed by atoms with E-state index >= 15 is 0 Å². The molecule has 4 atom stereocenters. The van der Waals surface area contributed by atoms with Gasteiger partial charge in [0.05, 0.1) is 6.07 Å². The summed E-state index contributed by atoms with van der Waals surface area (Å²) in [4.78, 5) is 15.5. The van der Waals surface area contributed by atoms with Crippen LogP contribution in [0.2, 0.25) is 0 Å². The van der Waals surface area contributed by atoms with Gasteiger partial charge in [-0.3, -0.25) is 0 Å². The third kappa shape index (κ3) is 6.37. The third-order valence-corrected chi connectivity index (χ3v) is 12.2. The van der Waals surface area contributed by atoms with Crippen LogP contribution in [0.3, 0.4) is 0 Å². The maximum atomic E-state index is 9.61. The molecule has 0 radical (unpaired) electrons. The van der Waals surface area contributed by atoms with Crippen molar-refractivity contribution < 1.29 is 0 Å². The van der Waals surface area contributed by atoms with Gasteiger partial charge in [0, 0.05) is 27.7 Å². The highest BCUT2D eigenvalue weighted by atomic mass is 15.0. The summed E-state index contributed by atoms with van der Waals surface area (Å²) in [5.74, 6) is 4.29.